The molecule has 2 rings (SSSR count). The number of hydrogen-bond donors (Lipinski definition) is 0. The fourth-order valence-corrected chi connectivity index (χ4v) is 2.40. The number of likely N-dealkylation sites (tertiary alicyclic amines) is 1. The number of methoxy groups -OCH3 is 2. The van der Waals surface area contributed by atoms with Crippen LogP contribution in [0.25, 0.3) is 0 Å². The van der Waals surface area contributed by atoms with Crippen molar-refractivity contribution in [2.24, 2.45) is 0 Å². The fourth-order valence-electron chi connectivity index (χ4n) is 2.40. The first-order valence-corrected chi connectivity index (χ1v) is 6.84. The zero-order valence-corrected chi connectivity index (χ0v) is 11.8. The highest BCUT2D eigenvalue weighted by molar-refractivity contribution is 5.39. The van der Waals surface area contributed by atoms with Gasteiger partial charge in [-0.3, -0.25) is 0 Å². The summed E-state index contributed by atoms with van der Waals surface area (Å²) in [5, 5.41) is 0. The number of ether oxygens (including phenoxy) is 3. The van der Waals surface area contributed by atoms with Gasteiger partial charge in [0.05, 0.1) is 19.8 Å². The molecule has 4 heteroatoms. The first-order chi connectivity index (χ1) is 9.33. The van der Waals surface area contributed by atoms with E-state index in [4.69, 9.17) is 14.2 Å². The van der Waals surface area contributed by atoms with Crippen LogP contribution in [0.15, 0.2) is 24.3 Å². The molecule has 1 saturated heterocycles. The minimum atomic E-state index is 0.412. The summed E-state index contributed by atoms with van der Waals surface area (Å²) in [7, 11) is 3.45. The van der Waals surface area contributed by atoms with Gasteiger partial charge in [0.1, 0.15) is 0 Å². The molecule has 0 unspecified atom stereocenters. The summed E-state index contributed by atoms with van der Waals surface area (Å²) in [4.78, 5) is 2.43. The van der Waals surface area contributed by atoms with Gasteiger partial charge in [0, 0.05) is 26.7 Å². The summed E-state index contributed by atoms with van der Waals surface area (Å²) in [6.45, 7) is 3.96. The second kappa shape index (κ2) is 7.36. The van der Waals surface area contributed by atoms with E-state index in [9.17, 15) is 0 Å². The van der Waals surface area contributed by atoms with Crippen molar-refractivity contribution in [3.05, 3.63) is 24.3 Å². The van der Waals surface area contributed by atoms with Crippen LogP contribution >= 0.6 is 0 Å². The van der Waals surface area contributed by atoms with Gasteiger partial charge in [0.2, 0.25) is 0 Å². The molecule has 0 saturated carbocycles. The van der Waals surface area contributed by atoms with E-state index in [2.05, 4.69) is 4.90 Å². The van der Waals surface area contributed by atoms with E-state index in [1.54, 1.807) is 14.2 Å². The molecular weight excluding hydrogens is 242 g/mol. The van der Waals surface area contributed by atoms with E-state index < -0.39 is 0 Å². The number of benzene rings is 1. The number of rotatable bonds is 7. The summed E-state index contributed by atoms with van der Waals surface area (Å²) < 4.78 is 16.4. The molecule has 19 heavy (non-hydrogen) atoms. The minimum absolute atomic E-state index is 0.412. The van der Waals surface area contributed by atoms with Crippen molar-refractivity contribution in [3.8, 4) is 11.5 Å². The summed E-state index contributed by atoms with van der Waals surface area (Å²) in [6, 6.07) is 7.76. The first-order valence-electron chi connectivity index (χ1n) is 6.84. The van der Waals surface area contributed by atoms with Gasteiger partial charge in [0.15, 0.2) is 11.5 Å². The third-order valence-electron chi connectivity index (χ3n) is 3.51. The molecule has 1 atom stereocenters. The molecule has 1 heterocycles. The maximum absolute atomic E-state index is 5.76. The minimum Gasteiger partial charge on any atom is -0.493 e. The number of hydrogen-bond acceptors (Lipinski definition) is 4. The smallest absolute Gasteiger partial charge is 0.161 e. The summed E-state index contributed by atoms with van der Waals surface area (Å²) in [5.74, 6) is 1.62. The van der Waals surface area contributed by atoms with Crippen molar-refractivity contribution in [1.82, 2.24) is 4.90 Å². The Labute approximate surface area is 115 Å². The monoisotopic (exact) mass is 265 g/mol. The van der Waals surface area contributed by atoms with Crippen molar-refractivity contribution in [2.45, 2.75) is 18.9 Å². The molecule has 106 valence electrons. The highest BCUT2D eigenvalue weighted by Gasteiger charge is 2.21. The normalized spacial score (nSPS) is 19.6. The molecule has 1 aromatic carbocycles. The number of nitrogens with zero attached hydrogens (tertiary/aromatic N) is 1. The van der Waals surface area contributed by atoms with Crippen molar-refractivity contribution in [1.29, 1.82) is 0 Å². The molecule has 1 aliphatic rings. The van der Waals surface area contributed by atoms with Crippen LogP contribution in [-0.2, 0) is 4.74 Å². The lowest BCUT2D eigenvalue weighted by molar-refractivity contribution is 0.107. The van der Waals surface area contributed by atoms with Crippen LogP contribution in [-0.4, -0.2) is 51.5 Å². The van der Waals surface area contributed by atoms with E-state index in [1.165, 1.54) is 0 Å². The van der Waals surface area contributed by atoms with E-state index in [0.717, 1.165) is 44.0 Å². The Balaban J connectivity index is 1.67. The molecule has 1 aromatic rings. The van der Waals surface area contributed by atoms with Gasteiger partial charge in [0.25, 0.3) is 0 Å². The van der Waals surface area contributed by atoms with Crippen LogP contribution in [0.5, 0.6) is 11.5 Å². The summed E-state index contributed by atoms with van der Waals surface area (Å²) in [5.41, 5.74) is 0. The van der Waals surface area contributed by atoms with Crippen LogP contribution in [0.3, 0.4) is 0 Å². The zero-order valence-electron chi connectivity index (χ0n) is 11.8. The SMILES string of the molecule is COc1ccccc1OCCCN1CC[C@@H](OC)C1. The third-order valence-corrected chi connectivity index (χ3v) is 3.51. The van der Waals surface area contributed by atoms with Gasteiger partial charge in [-0.05, 0) is 25.0 Å². The maximum Gasteiger partial charge on any atom is 0.161 e. The Morgan fingerprint density at radius 3 is 2.68 bits per heavy atom. The van der Waals surface area contributed by atoms with E-state index in [0.29, 0.717) is 12.7 Å². The topological polar surface area (TPSA) is 30.9 Å². The van der Waals surface area contributed by atoms with Crippen LogP contribution < -0.4 is 9.47 Å². The maximum atomic E-state index is 5.76. The molecule has 0 bridgehead atoms. The average molecular weight is 265 g/mol. The van der Waals surface area contributed by atoms with Crippen molar-refractivity contribution in [2.75, 3.05) is 40.5 Å². The second-order valence-electron chi connectivity index (χ2n) is 4.80. The Morgan fingerprint density at radius 2 is 2.00 bits per heavy atom. The summed E-state index contributed by atoms with van der Waals surface area (Å²) in [6.07, 6.45) is 2.58. The van der Waals surface area contributed by atoms with Crippen molar-refractivity contribution < 1.29 is 14.2 Å². The molecule has 1 aliphatic heterocycles. The highest BCUT2D eigenvalue weighted by Crippen LogP contribution is 2.25. The van der Waals surface area contributed by atoms with Gasteiger partial charge in [-0.25, -0.2) is 0 Å². The van der Waals surface area contributed by atoms with Crippen LogP contribution in [0, 0.1) is 0 Å². The Bertz CT molecular complexity index is 383. The molecule has 0 aromatic heterocycles. The first kappa shape index (κ1) is 14.2. The second-order valence-corrected chi connectivity index (χ2v) is 4.80. The predicted molar refractivity (Wildman–Crippen MR) is 75.0 cm³/mol. The molecule has 0 aliphatic carbocycles. The zero-order chi connectivity index (χ0) is 13.5. The third kappa shape index (κ3) is 4.11. The lowest BCUT2D eigenvalue weighted by Crippen LogP contribution is -2.25. The fraction of sp³-hybridized carbons (Fsp3) is 0.600. The van der Waals surface area contributed by atoms with Gasteiger partial charge in [-0.15, -0.1) is 0 Å². The van der Waals surface area contributed by atoms with Gasteiger partial charge < -0.3 is 19.1 Å². The molecule has 4 nitrogen and oxygen atoms in total. The van der Waals surface area contributed by atoms with Crippen molar-refractivity contribution >= 4 is 0 Å². The van der Waals surface area contributed by atoms with Crippen LogP contribution in [0.1, 0.15) is 12.8 Å². The lowest BCUT2D eigenvalue weighted by Gasteiger charge is -2.16. The molecule has 1 fully saturated rings. The van der Waals surface area contributed by atoms with Crippen molar-refractivity contribution in [3.63, 3.8) is 0 Å². The van der Waals surface area contributed by atoms with E-state index >= 15 is 0 Å². The molecule has 0 N–H and O–H groups in total. The number of para-hydroxylation sites is 2. The van der Waals surface area contributed by atoms with Gasteiger partial charge in [-0.1, -0.05) is 12.1 Å². The van der Waals surface area contributed by atoms with E-state index in [1.807, 2.05) is 24.3 Å². The molecule has 0 spiro atoms. The quantitative estimate of drug-likeness (QED) is 0.707. The van der Waals surface area contributed by atoms with Gasteiger partial charge >= 0.3 is 0 Å². The largest absolute Gasteiger partial charge is 0.493 e. The van der Waals surface area contributed by atoms with E-state index in [-0.39, 0.29) is 0 Å². The van der Waals surface area contributed by atoms with Crippen LogP contribution in [0.4, 0.5) is 0 Å². The van der Waals surface area contributed by atoms with Crippen LogP contribution in [0.2, 0.25) is 0 Å². The molecule has 0 amide bonds. The molecular formula is C15H23NO3. The standard InChI is InChI=1S/C15H23NO3/c1-17-13-8-10-16(12-13)9-5-11-19-15-7-4-3-6-14(15)18-2/h3-4,6-7,13H,5,8-12H2,1-2H3/t13-/m1/s1. The Hall–Kier alpha value is -1.26. The Morgan fingerprint density at radius 1 is 1.21 bits per heavy atom. The van der Waals surface area contributed by atoms with Gasteiger partial charge in [-0.2, -0.15) is 0 Å². The predicted octanol–water partition coefficient (Wildman–Crippen LogP) is 2.18. The average Bonchev–Trinajstić information content (AvgIpc) is 2.92. The lowest BCUT2D eigenvalue weighted by atomic mass is 10.3. The summed E-state index contributed by atoms with van der Waals surface area (Å²) >= 11 is 0. The highest BCUT2D eigenvalue weighted by atomic mass is 16.5. The molecule has 0 radical (unpaired) electrons. The Kier molecular flexibility index (Phi) is 5.48.